The van der Waals surface area contributed by atoms with Crippen LogP contribution in [0.3, 0.4) is 0 Å². The van der Waals surface area contributed by atoms with Crippen LogP contribution < -0.4 is 4.90 Å². The van der Waals surface area contributed by atoms with Crippen molar-refractivity contribution in [3.8, 4) is 0 Å². The highest BCUT2D eigenvalue weighted by molar-refractivity contribution is 5.81. The van der Waals surface area contributed by atoms with E-state index in [0.717, 1.165) is 17.7 Å². The zero-order chi connectivity index (χ0) is 10.3. The van der Waals surface area contributed by atoms with E-state index in [1.165, 1.54) is 12.1 Å². The fraction of sp³-hybridized carbons (Fsp3) is 0.364. The van der Waals surface area contributed by atoms with Gasteiger partial charge in [0.1, 0.15) is 5.82 Å². The van der Waals surface area contributed by atoms with Gasteiger partial charge in [-0.25, -0.2) is 4.39 Å². The van der Waals surface area contributed by atoms with Crippen LogP contribution in [-0.2, 0) is 10.2 Å². The average Bonchev–Trinajstić information content (AvgIpc) is 2.38. The van der Waals surface area contributed by atoms with Crippen LogP contribution in [0.4, 0.5) is 10.1 Å². The van der Waals surface area contributed by atoms with Crippen LogP contribution >= 0.6 is 0 Å². The van der Waals surface area contributed by atoms with Crippen LogP contribution in [0.5, 0.6) is 0 Å². The Bertz CT molecular complexity index is 387. The molecule has 0 spiro atoms. The summed E-state index contributed by atoms with van der Waals surface area (Å²) in [6.45, 7) is 4.64. The Balaban J connectivity index is 2.59. The third kappa shape index (κ3) is 1.20. The normalized spacial score (nSPS) is 18.1. The molecule has 14 heavy (non-hydrogen) atoms. The number of carbonyl (C=O) groups excluding carboxylic acids is 1. The van der Waals surface area contributed by atoms with Gasteiger partial charge in [0.25, 0.3) is 0 Å². The zero-order valence-corrected chi connectivity index (χ0v) is 8.25. The lowest BCUT2D eigenvalue weighted by Crippen LogP contribution is -2.27. The molecule has 1 aliphatic rings. The largest absolute Gasteiger partial charge is 0.314 e. The van der Waals surface area contributed by atoms with Gasteiger partial charge in [-0.05, 0) is 23.8 Å². The Labute approximate surface area is 82.3 Å². The van der Waals surface area contributed by atoms with Crippen molar-refractivity contribution in [2.24, 2.45) is 0 Å². The van der Waals surface area contributed by atoms with Crippen molar-refractivity contribution in [3.63, 3.8) is 0 Å². The first-order valence-corrected chi connectivity index (χ1v) is 4.56. The number of halogens is 1. The monoisotopic (exact) mass is 193 g/mol. The van der Waals surface area contributed by atoms with E-state index < -0.39 is 0 Å². The fourth-order valence-corrected chi connectivity index (χ4v) is 1.99. The molecule has 1 aliphatic heterocycles. The first-order chi connectivity index (χ1) is 6.54. The van der Waals surface area contributed by atoms with Crippen molar-refractivity contribution in [1.82, 2.24) is 0 Å². The molecule has 1 aromatic carbocycles. The SMILES string of the molecule is CC1(C)CN(C=O)c2ccc(F)cc21. The summed E-state index contributed by atoms with van der Waals surface area (Å²) in [5, 5.41) is 0. The van der Waals surface area contributed by atoms with Crippen molar-refractivity contribution in [1.29, 1.82) is 0 Å². The van der Waals surface area contributed by atoms with Crippen molar-refractivity contribution in [2.75, 3.05) is 11.4 Å². The molecule has 1 heterocycles. The summed E-state index contributed by atoms with van der Waals surface area (Å²) in [5.41, 5.74) is 1.58. The second kappa shape index (κ2) is 2.80. The van der Waals surface area contributed by atoms with Gasteiger partial charge in [-0.2, -0.15) is 0 Å². The number of anilines is 1. The number of benzene rings is 1. The summed E-state index contributed by atoms with van der Waals surface area (Å²) in [7, 11) is 0. The van der Waals surface area contributed by atoms with E-state index in [9.17, 15) is 9.18 Å². The first-order valence-electron chi connectivity index (χ1n) is 4.56. The molecule has 0 atom stereocenters. The topological polar surface area (TPSA) is 20.3 Å². The number of fused-ring (bicyclic) bond motifs is 1. The number of amides is 1. The molecule has 1 amide bonds. The lowest BCUT2D eigenvalue weighted by atomic mass is 9.87. The third-order valence-electron chi connectivity index (χ3n) is 2.69. The maximum Gasteiger partial charge on any atom is 0.214 e. The molecule has 2 rings (SSSR count). The number of nitrogens with zero attached hydrogens (tertiary/aromatic N) is 1. The first kappa shape index (κ1) is 9.19. The quantitative estimate of drug-likeness (QED) is 0.625. The molecule has 2 nitrogen and oxygen atoms in total. The van der Waals surface area contributed by atoms with Gasteiger partial charge in [0.15, 0.2) is 0 Å². The number of hydrogen-bond acceptors (Lipinski definition) is 1. The van der Waals surface area contributed by atoms with Gasteiger partial charge in [0, 0.05) is 17.6 Å². The van der Waals surface area contributed by atoms with Crippen LogP contribution in [0.15, 0.2) is 18.2 Å². The van der Waals surface area contributed by atoms with Gasteiger partial charge in [0.2, 0.25) is 6.41 Å². The van der Waals surface area contributed by atoms with Crippen molar-refractivity contribution < 1.29 is 9.18 Å². The van der Waals surface area contributed by atoms with Crippen molar-refractivity contribution in [2.45, 2.75) is 19.3 Å². The molecule has 0 aromatic heterocycles. The summed E-state index contributed by atoms with van der Waals surface area (Å²) >= 11 is 0. The van der Waals surface area contributed by atoms with Gasteiger partial charge >= 0.3 is 0 Å². The molecule has 1 aromatic rings. The summed E-state index contributed by atoms with van der Waals surface area (Å²) in [4.78, 5) is 12.4. The molecule has 0 unspecified atom stereocenters. The third-order valence-corrected chi connectivity index (χ3v) is 2.69. The second-order valence-corrected chi connectivity index (χ2v) is 4.28. The van der Waals surface area contributed by atoms with Crippen molar-refractivity contribution in [3.05, 3.63) is 29.6 Å². The molecule has 0 aliphatic carbocycles. The molecule has 3 heteroatoms. The standard InChI is InChI=1S/C11H12FNO/c1-11(2)6-13(7-14)10-4-3-8(12)5-9(10)11/h3-5,7H,6H2,1-2H3. The Morgan fingerprint density at radius 1 is 1.50 bits per heavy atom. The molecule has 0 saturated heterocycles. The highest BCUT2D eigenvalue weighted by Gasteiger charge is 2.34. The predicted octanol–water partition coefficient (Wildman–Crippen LogP) is 2.08. The van der Waals surface area contributed by atoms with E-state index in [4.69, 9.17) is 0 Å². The molecular weight excluding hydrogens is 181 g/mol. The maximum absolute atomic E-state index is 13.0. The van der Waals surface area contributed by atoms with E-state index >= 15 is 0 Å². The van der Waals surface area contributed by atoms with Gasteiger partial charge in [-0.1, -0.05) is 13.8 Å². The van der Waals surface area contributed by atoms with E-state index in [1.54, 1.807) is 11.0 Å². The van der Waals surface area contributed by atoms with E-state index in [2.05, 4.69) is 0 Å². The molecular formula is C11H12FNO. The van der Waals surface area contributed by atoms with Crippen LogP contribution in [-0.4, -0.2) is 13.0 Å². The van der Waals surface area contributed by atoms with Gasteiger partial charge in [-0.15, -0.1) is 0 Å². The lowest BCUT2D eigenvalue weighted by Gasteiger charge is -2.17. The number of rotatable bonds is 1. The Hall–Kier alpha value is -1.38. The van der Waals surface area contributed by atoms with Crippen molar-refractivity contribution >= 4 is 12.1 Å². The Morgan fingerprint density at radius 3 is 2.86 bits per heavy atom. The van der Waals surface area contributed by atoms with Crippen LogP contribution in [0.25, 0.3) is 0 Å². The van der Waals surface area contributed by atoms with Crippen LogP contribution in [0.2, 0.25) is 0 Å². The predicted molar refractivity (Wildman–Crippen MR) is 52.8 cm³/mol. The molecule has 0 saturated carbocycles. The minimum atomic E-state index is -0.246. The van der Waals surface area contributed by atoms with E-state index in [0.29, 0.717) is 6.54 Å². The second-order valence-electron chi connectivity index (χ2n) is 4.28. The van der Waals surface area contributed by atoms with Crippen LogP contribution in [0.1, 0.15) is 19.4 Å². The van der Waals surface area contributed by atoms with E-state index in [-0.39, 0.29) is 11.2 Å². The van der Waals surface area contributed by atoms with E-state index in [1.807, 2.05) is 13.8 Å². The fourth-order valence-electron chi connectivity index (χ4n) is 1.99. The smallest absolute Gasteiger partial charge is 0.214 e. The highest BCUT2D eigenvalue weighted by atomic mass is 19.1. The Kier molecular flexibility index (Phi) is 1.84. The molecule has 0 radical (unpaired) electrons. The number of carbonyl (C=O) groups is 1. The molecule has 0 N–H and O–H groups in total. The van der Waals surface area contributed by atoms with Crippen LogP contribution in [0, 0.1) is 5.82 Å². The van der Waals surface area contributed by atoms with Gasteiger partial charge < -0.3 is 4.90 Å². The summed E-state index contributed by atoms with van der Waals surface area (Å²) in [6.07, 6.45) is 0.797. The molecule has 0 bridgehead atoms. The lowest BCUT2D eigenvalue weighted by molar-refractivity contribution is -0.107. The molecule has 74 valence electrons. The summed E-state index contributed by atoms with van der Waals surface area (Å²) in [5.74, 6) is -0.246. The summed E-state index contributed by atoms with van der Waals surface area (Å²) < 4.78 is 13.0. The van der Waals surface area contributed by atoms with Gasteiger partial charge in [0.05, 0.1) is 0 Å². The maximum atomic E-state index is 13.0. The number of hydrogen-bond donors (Lipinski definition) is 0. The minimum Gasteiger partial charge on any atom is -0.314 e. The molecule has 0 fully saturated rings. The minimum absolute atomic E-state index is 0.154. The average molecular weight is 193 g/mol. The Morgan fingerprint density at radius 2 is 2.21 bits per heavy atom. The summed E-state index contributed by atoms with van der Waals surface area (Å²) in [6, 6.07) is 4.56. The zero-order valence-electron chi connectivity index (χ0n) is 8.25. The van der Waals surface area contributed by atoms with Gasteiger partial charge in [-0.3, -0.25) is 4.79 Å². The highest BCUT2D eigenvalue weighted by Crippen LogP contribution is 2.39.